The van der Waals surface area contributed by atoms with E-state index in [-0.39, 0.29) is 23.9 Å². The molecule has 0 radical (unpaired) electrons. The lowest BCUT2D eigenvalue weighted by Gasteiger charge is -2.13. The molecule has 0 saturated carbocycles. The number of aryl methyl sites for hydroxylation is 1. The van der Waals surface area contributed by atoms with E-state index in [1.807, 2.05) is 39.0 Å². The van der Waals surface area contributed by atoms with Gasteiger partial charge in [0.25, 0.3) is 0 Å². The van der Waals surface area contributed by atoms with Gasteiger partial charge in [-0.2, -0.15) is 0 Å². The quantitative estimate of drug-likeness (QED) is 0.213. The summed E-state index contributed by atoms with van der Waals surface area (Å²) < 4.78 is 10.5. The third-order valence-corrected chi connectivity index (χ3v) is 5.29. The Morgan fingerprint density at radius 3 is 2.45 bits per heavy atom. The maximum Gasteiger partial charge on any atom is 0.351 e. The van der Waals surface area contributed by atoms with E-state index in [1.54, 1.807) is 31.2 Å². The number of allylic oxidation sites excluding steroid dienone is 1. The van der Waals surface area contributed by atoms with Crippen molar-refractivity contribution in [3.63, 3.8) is 0 Å². The zero-order chi connectivity index (χ0) is 22.5. The molecule has 5 nitrogen and oxygen atoms in total. The van der Waals surface area contributed by atoms with Gasteiger partial charge in [-0.3, -0.25) is 4.79 Å². The topological polar surface area (TPSA) is 73.6 Å². The first-order valence-corrected chi connectivity index (χ1v) is 10.4. The number of ether oxygens (including phenoxy) is 1. The monoisotopic (exact) mass is 418 g/mol. The van der Waals surface area contributed by atoms with Crippen molar-refractivity contribution in [2.45, 2.75) is 40.0 Å². The van der Waals surface area contributed by atoms with Crippen molar-refractivity contribution in [3.05, 3.63) is 86.8 Å². The number of carbonyl (C=O) groups excluding carboxylic acids is 2. The highest BCUT2D eigenvalue weighted by atomic mass is 16.5. The first-order valence-electron chi connectivity index (χ1n) is 10.4. The van der Waals surface area contributed by atoms with E-state index in [4.69, 9.17) is 9.15 Å². The SMILES string of the molecule is CCOC(=O)c1cc2cc(/C=C/C(=O)c3ccc(C)cc3)cc(C(C)CC)c2oc1=O. The van der Waals surface area contributed by atoms with E-state index in [1.165, 1.54) is 12.1 Å². The summed E-state index contributed by atoms with van der Waals surface area (Å²) in [5, 5.41) is 0.614. The number of esters is 1. The van der Waals surface area contributed by atoms with Crippen LogP contribution in [0.3, 0.4) is 0 Å². The summed E-state index contributed by atoms with van der Waals surface area (Å²) in [6, 6.07) is 12.6. The summed E-state index contributed by atoms with van der Waals surface area (Å²) in [7, 11) is 0. The molecule has 3 aromatic rings. The summed E-state index contributed by atoms with van der Waals surface area (Å²) in [6.07, 6.45) is 4.11. The lowest BCUT2D eigenvalue weighted by Crippen LogP contribution is -2.16. The minimum atomic E-state index is -0.714. The van der Waals surface area contributed by atoms with Crippen molar-refractivity contribution >= 4 is 28.8 Å². The van der Waals surface area contributed by atoms with E-state index in [0.717, 1.165) is 23.1 Å². The Hall–Kier alpha value is -3.47. The Morgan fingerprint density at radius 2 is 1.81 bits per heavy atom. The van der Waals surface area contributed by atoms with Crippen molar-refractivity contribution < 1.29 is 18.7 Å². The van der Waals surface area contributed by atoms with Gasteiger partial charge in [0.2, 0.25) is 0 Å². The maximum absolute atomic E-state index is 12.5. The van der Waals surface area contributed by atoms with Crippen molar-refractivity contribution in [2.75, 3.05) is 6.61 Å². The first-order chi connectivity index (χ1) is 14.8. The Morgan fingerprint density at radius 1 is 1.10 bits per heavy atom. The van der Waals surface area contributed by atoms with Gasteiger partial charge in [0.15, 0.2) is 5.78 Å². The molecule has 5 heteroatoms. The minimum Gasteiger partial charge on any atom is -0.462 e. The van der Waals surface area contributed by atoms with E-state index >= 15 is 0 Å². The molecule has 0 bridgehead atoms. The number of ketones is 1. The van der Waals surface area contributed by atoms with Gasteiger partial charge in [0.05, 0.1) is 6.61 Å². The summed E-state index contributed by atoms with van der Waals surface area (Å²) in [5.74, 6) is -0.684. The van der Waals surface area contributed by atoms with Crippen LogP contribution in [0.15, 0.2) is 57.8 Å². The van der Waals surface area contributed by atoms with E-state index in [9.17, 15) is 14.4 Å². The molecule has 1 atom stereocenters. The van der Waals surface area contributed by atoms with Crippen LogP contribution in [0.5, 0.6) is 0 Å². The van der Waals surface area contributed by atoms with Crippen molar-refractivity contribution in [1.29, 1.82) is 0 Å². The fourth-order valence-electron chi connectivity index (χ4n) is 3.30. The lowest BCUT2D eigenvalue weighted by molar-refractivity contribution is 0.0521. The van der Waals surface area contributed by atoms with Crippen LogP contribution in [-0.2, 0) is 4.74 Å². The summed E-state index contributed by atoms with van der Waals surface area (Å²) in [4.78, 5) is 37.0. The van der Waals surface area contributed by atoms with E-state index in [2.05, 4.69) is 0 Å². The minimum absolute atomic E-state index is 0.100. The average Bonchev–Trinajstić information content (AvgIpc) is 2.76. The van der Waals surface area contributed by atoms with Gasteiger partial charge in [-0.05, 0) is 61.6 Å². The molecule has 0 fully saturated rings. The summed E-state index contributed by atoms with van der Waals surface area (Å²) >= 11 is 0. The highest BCUT2D eigenvalue weighted by molar-refractivity contribution is 6.07. The van der Waals surface area contributed by atoms with Gasteiger partial charge in [0.1, 0.15) is 11.1 Å². The Bertz CT molecular complexity index is 1200. The van der Waals surface area contributed by atoms with Crippen LogP contribution >= 0.6 is 0 Å². The van der Waals surface area contributed by atoms with Crippen LogP contribution in [0, 0.1) is 6.92 Å². The number of rotatable bonds is 7. The molecule has 0 aliphatic carbocycles. The van der Waals surface area contributed by atoms with Crippen LogP contribution in [0.25, 0.3) is 17.0 Å². The van der Waals surface area contributed by atoms with Crippen molar-refractivity contribution in [3.8, 4) is 0 Å². The Balaban J connectivity index is 2.07. The molecule has 2 aromatic carbocycles. The van der Waals surface area contributed by atoms with E-state index in [0.29, 0.717) is 16.5 Å². The molecule has 0 aliphatic rings. The lowest BCUT2D eigenvalue weighted by atomic mass is 9.93. The molecule has 3 rings (SSSR count). The smallest absolute Gasteiger partial charge is 0.351 e. The number of benzene rings is 2. The molecular formula is C26H26O5. The Kier molecular flexibility index (Phi) is 6.85. The molecule has 160 valence electrons. The van der Waals surface area contributed by atoms with Crippen molar-refractivity contribution in [2.24, 2.45) is 0 Å². The average molecular weight is 418 g/mol. The van der Waals surface area contributed by atoms with Crippen LogP contribution < -0.4 is 5.63 Å². The molecule has 0 aliphatic heterocycles. The zero-order valence-corrected chi connectivity index (χ0v) is 18.2. The zero-order valence-electron chi connectivity index (χ0n) is 18.2. The number of fused-ring (bicyclic) bond motifs is 1. The molecule has 0 amide bonds. The summed E-state index contributed by atoms with van der Waals surface area (Å²) in [5.41, 5.74) is 2.94. The van der Waals surface area contributed by atoms with Crippen LogP contribution in [0.4, 0.5) is 0 Å². The predicted molar refractivity (Wildman–Crippen MR) is 122 cm³/mol. The maximum atomic E-state index is 12.5. The highest BCUT2D eigenvalue weighted by Crippen LogP contribution is 2.29. The molecule has 31 heavy (non-hydrogen) atoms. The molecule has 1 aromatic heterocycles. The van der Waals surface area contributed by atoms with Crippen LogP contribution in [0.1, 0.15) is 70.5 Å². The number of hydrogen-bond donors (Lipinski definition) is 0. The number of carbonyl (C=O) groups is 2. The van der Waals surface area contributed by atoms with Gasteiger partial charge in [-0.1, -0.05) is 49.8 Å². The van der Waals surface area contributed by atoms with Crippen molar-refractivity contribution in [1.82, 2.24) is 0 Å². The molecule has 1 heterocycles. The molecule has 1 unspecified atom stereocenters. The molecular weight excluding hydrogens is 392 g/mol. The fourth-order valence-corrected chi connectivity index (χ4v) is 3.30. The second-order valence-electron chi connectivity index (χ2n) is 7.57. The molecule has 0 N–H and O–H groups in total. The Labute approximate surface area is 181 Å². The third-order valence-electron chi connectivity index (χ3n) is 5.29. The van der Waals surface area contributed by atoms with E-state index < -0.39 is 11.6 Å². The van der Waals surface area contributed by atoms with Gasteiger partial charge in [-0.25, -0.2) is 9.59 Å². The van der Waals surface area contributed by atoms with Gasteiger partial charge in [0, 0.05) is 10.9 Å². The van der Waals surface area contributed by atoms with Crippen LogP contribution in [-0.4, -0.2) is 18.4 Å². The van der Waals surface area contributed by atoms with Crippen LogP contribution in [0.2, 0.25) is 0 Å². The predicted octanol–water partition coefficient (Wildman–Crippen LogP) is 5.69. The fraction of sp³-hybridized carbons (Fsp3) is 0.269. The normalized spacial score (nSPS) is 12.3. The van der Waals surface area contributed by atoms with Gasteiger partial charge in [-0.15, -0.1) is 0 Å². The highest BCUT2D eigenvalue weighted by Gasteiger charge is 2.18. The largest absolute Gasteiger partial charge is 0.462 e. The second kappa shape index (κ2) is 9.56. The third kappa shape index (κ3) is 5.00. The van der Waals surface area contributed by atoms with Gasteiger partial charge < -0.3 is 9.15 Å². The van der Waals surface area contributed by atoms with Gasteiger partial charge >= 0.3 is 11.6 Å². The standard InChI is InChI=1S/C26H26O5/c1-5-17(4)21-14-18(9-12-23(27)19-10-7-16(3)8-11-19)13-20-15-22(25(28)30-6-2)26(29)31-24(20)21/h7-15,17H,5-6H2,1-4H3/b12-9+. The molecule has 0 spiro atoms. The second-order valence-corrected chi connectivity index (χ2v) is 7.57. The number of hydrogen-bond acceptors (Lipinski definition) is 5. The summed E-state index contributed by atoms with van der Waals surface area (Å²) in [6.45, 7) is 7.90. The first kappa shape index (κ1) is 22.2. The molecule has 0 saturated heterocycles.